The van der Waals surface area contributed by atoms with Gasteiger partial charge in [0, 0.05) is 5.56 Å². The molecule has 2 nitrogen and oxygen atoms in total. The predicted molar refractivity (Wildman–Crippen MR) is 71.3 cm³/mol. The first-order chi connectivity index (χ1) is 6.58. The Labute approximate surface area is 109 Å². The number of hydrogen-bond donors (Lipinski definition) is 0. The summed E-state index contributed by atoms with van der Waals surface area (Å²) in [7, 11) is 0. The van der Waals surface area contributed by atoms with Gasteiger partial charge in [-0.3, -0.25) is 0 Å². The third kappa shape index (κ3) is 1.86. The summed E-state index contributed by atoms with van der Waals surface area (Å²) in [5, 5.41) is 0. The molecule has 0 fully saturated rings. The lowest BCUT2D eigenvalue weighted by molar-refractivity contribution is 0.495. The second-order valence-electron chi connectivity index (χ2n) is 3.13. The zero-order chi connectivity index (χ0) is 10.3. The molecular weight excluding hydrogens is 406 g/mol. The summed E-state index contributed by atoms with van der Waals surface area (Å²) in [5.41, 5.74) is 2.26. The minimum Gasteiger partial charge on any atom is -0.447 e. The van der Waals surface area contributed by atoms with Gasteiger partial charge in [0.25, 0.3) is 0 Å². The molecule has 4 heteroatoms. The van der Waals surface area contributed by atoms with Crippen LogP contribution in [0.4, 0.5) is 0 Å². The van der Waals surface area contributed by atoms with Crippen molar-refractivity contribution in [2.24, 2.45) is 0 Å². The van der Waals surface area contributed by atoms with Crippen molar-refractivity contribution >= 4 is 45.2 Å². The van der Waals surface area contributed by atoms with E-state index in [2.05, 4.69) is 45.2 Å². The van der Waals surface area contributed by atoms with Gasteiger partial charge in [-0.05, 0) is 76.7 Å². The molecule has 0 radical (unpaired) electrons. The fourth-order valence-corrected chi connectivity index (χ4v) is 2.34. The Hall–Kier alpha value is 0.0200. The summed E-state index contributed by atoms with van der Waals surface area (Å²) in [6.45, 7) is 4.05. The predicted octanol–water partition coefficient (Wildman–Crippen LogP) is 4.37. The van der Waals surface area contributed by atoms with E-state index >= 15 is 0 Å². The van der Waals surface area contributed by atoms with Crippen molar-refractivity contribution in [3.05, 3.63) is 30.8 Å². The molecule has 2 rings (SSSR count). The molecule has 0 bridgehead atoms. The van der Waals surface area contributed by atoms with Crippen LogP contribution in [0, 0.1) is 21.4 Å². The average Bonchev–Trinajstić information content (AvgIpc) is 2.57. The minimum atomic E-state index is 0.812. The van der Waals surface area contributed by atoms with Gasteiger partial charge in [-0.15, -0.1) is 0 Å². The van der Waals surface area contributed by atoms with Crippen LogP contribution in [0.2, 0.25) is 0 Å². The van der Waals surface area contributed by atoms with Gasteiger partial charge >= 0.3 is 0 Å². The topological polar surface area (TPSA) is 26.3 Å². The lowest BCUT2D eigenvalue weighted by Crippen LogP contribution is -1.71. The van der Waals surface area contributed by atoms with E-state index < -0.39 is 0 Å². The Morgan fingerprint density at radius 3 is 2.14 bits per heavy atom. The van der Waals surface area contributed by atoms with Crippen molar-refractivity contribution in [3.8, 4) is 11.5 Å². The van der Waals surface area contributed by atoms with E-state index in [9.17, 15) is 0 Å². The van der Waals surface area contributed by atoms with Gasteiger partial charge in [0.05, 0.1) is 0 Å². The summed E-state index contributed by atoms with van der Waals surface area (Å²) in [6, 6.07) is 4.00. The van der Waals surface area contributed by atoms with Crippen LogP contribution in [0.3, 0.4) is 0 Å². The van der Waals surface area contributed by atoms with E-state index in [1.807, 2.05) is 26.0 Å². The average molecular weight is 414 g/mol. The molecule has 2 aromatic heterocycles. The SMILES string of the molecule is Cc1cc(-c2oc(I)cc2C)oc1I. The van der Waals surface area contributed by atoms with Crippen molar-refractivity contribution in [1.29, 1.82) is 0 Å². The number of hydrogen-bond acceptors (Lipinski definition) is 2. The molecular formula is C10H8I2O2. The summed E-state index contributed by atoms with van der Waals surface area (Å²) >= 11 is 4.34. The highest BCUT2D eigenvalue weighted by atomic mass is 127. The molecule has 0 aliphatic rings. The highest BCUT2D eigenvalue weighted by Crippen LogP contribution is 2.31. The smallest absolute Gasteiger partial charge is 0.173 e. The van der Waals surface area contributed by atoms with Crippen molar-refractivity contribution in [1.82, 2.24) is 0 Å². The first kappa shape index (κ1) is 10.5. The lowest BCUT2D eigenvalue weighted by Gasteiger charge is -1.91. The highest BCUT2D eigenvalue weighted by Gasteiger charge is 2.13. The summed E-state index contributed by atoms with van der Waals surface area (Å²) in [5.74, 6) is 1.65. The zero-order valence-corrected chi connectivity index (χ0v) is 12.0. The lowest BCUT2D eigenvalue weighted by atomic mass is 10.2. The second-order valence-corrected chi connectivity index (χ2v) is 5.17. The Morgan fingerprint density at radius 1 is 1.00 bits per heavy atom. The number of rotatable bonds is 1. The molecule has 0 aromatic carbocycles. The first-order valence-corrected chi connectivity index (χ1v) is 6.26. The fourth-order valence-electron chi connectivity index (χ4n) is 1.26. The van der Waals surface area contributed by atoms with Crippen LogP contribution >= 0.6 is 45.2 Å². The normalized spacial score (nSPS) is 10.9. The van der Waals surface area contributed by atoms with Gasteiger partial charge in [0.2, 0.25) is 0 Å². The monoisotopic (exact) mass is 414 g/mol. The third-order valence-electron chi connectivity index (χ3n) is 1.97. The van der Waals surface area contributed by atoms with Gasteiger partial charge in [-0.1, -0.05) is 0 Å². The quantitative estimate of drug-likeness (QED) is 0.649. The van der Waals surface area contributed by atoms with Crippen LogP contribution in [0.5, 0.6) is 0 Å². The van der Waals surface area contributed by atoms with Crippen molar-refractivity contribution in [2.75, 3.05) is 0 Å². The molecule has 0 aliphatic heterocycles. The van der Waals surface area contributed by atoms with Crippen molar-refractivity contribution < 1.29 is 8.83 Å². The maximum Gasteiger partial charge on any atom is 0.173 e. The van der Waals surface area contributed by atoms with Crippen LogP contribution in [-0.2, 0) is 0 Å². The number of aryl methyl sites for hydroxylation is 2. The van der Waals surface area contributed by atoms with Gasteiger partial charge in [0.15, 0.2) is 19.1 Å². The Bertz CT molecular complexity index is 449. The minimum absolute atomic E-state index is 0.812. The van der Waals surface area contributed by atoms with Crippen LogP contribution in [0.15, 0.2) is 21.0 Å². The largest absolute Gasteiger partial charge is 0.447 e. The molecule has 0 aliphatic carbocycles. The van der Waals surface area contributed by atoms with Crippen molar-refractivity contribution in [2.45, 2.75) is 13.8 Å². The standard InChI is InChI=1S/C10H8I2O2/c1-5-4-8(11)14-9(5)7-3-6(2)10(12)13-7/h3-4H,1-2H3. The van der Waals surface area contributed by atoms with E-state index in [1.165, 1.54) is 0 Å². The molecule has 0 saturated heterocycles. The summed E-state index contributed by atoms with van der Waals surface area (Å²) in [4.78, 5) is 0. The molecule has 0 spiro atoms. The number of halogens is 2. The molecule has 0 N–H and O–H groups in total. The van der Waals surface area contributed by atoms with E-state index in [0.29, 0.717) is 0 Å². The van der Waals surface area contributed by atoms with E-state index in [1.54, 1.807) is 0 Å². The van der Waals surface area contributed by atoms with Crippen molar-refractivity contribution in [3.63, 3.8) is 0 Å². The number of furan rings is 2. The van der Waals surface area contributed by atoms with Gasteiger partial charge in [-0.2, -0.15) is 0 Å². The summed E-state index contributed by atoms with van der Waals surface area (Å²) in [6.07, 6.45) is 0. The van der Waals surface area contributed by atoms with Crippen LogP contribution < -0.4 is 0 Å². The van der Waals surface area contributed by atoms with E-state index in [4.69, 9.17) is 8.83 Å². The van der Waals surface area contributed by atoms with Crippen LogP contribution in [-0.4, -0.2) is 0 Å². The van der Waals surface area contributed by atoms with Gasteiger partial charge in [0.1, 0.15) is 0 Å². The summed E-state index contributed by atoms with van der Waals surface area (Å²) < 4.78 is 13.0. The fraction of sp³-hybridized carbons (Fsp3) is 0.200. The zero-order valence-electron chi connectivity index (χ0n) is 7.73. The van der Waals surface area contributed by atoms with Gasteiger partial charge in [-0.25, -0.2) is 0 Å². The Kier molecular flexibility index (Phi) is 2.92. The maximum atomic E-state index is 5.58. The van der Waals surface area contributed by atoms with E-state index in [-0.39, 0.29) is 0 Å². The Balaban J connectivity index is 2.54. The first-order valence-electron chi connectivity index (χ1n) is 4.10. The second kappa shape index (κ2) is 3.88. The molecule has 74 valence electrons. The third-order valence-corrected chi connectivity index (χ3v) is 3.57. The Morgan fingerprint density at radius 2 is 1.71 bits per heavy atom. The van der Waals surface area contributed by atoms with Crippen LogP contribution in [0.25, 0.3) is 11.5 Å². The molecule has 2 heterocycles. The maximum absolute atomic E-state index is 5.58. The molecule has 0 saturated carbocycles. The molecule has 14 heavy (non-hydrogen) atoms. The van der Waals surface area contributed by atoms with E-state index in [0.717, 1.165) is 30.2 Å². The molecule has 0 amide bonds. The highest BCUT2D eigenvalue weighted by molar-refractivity contribution is 14.1. The molecule has 0 unspecified atom stereocenters. The van der Waals surface area contributed by atoms with Gasteiger partial charge < -0.3 is 8.83 Å². The molecule has 0 atom stereocenters. The molecule has 2 aromatic rings. The van der Waals surface area contributed by atoms with Crippen LogP contribution in [0.1, 0.15) is 11.1 Å².